The van der Waals surface area contributed by atoms with Crippen LogP contribution in [0, 0.1) is 0 Å². The minimum atomic E-state index is -3.81. The molecular formula is C25H33N3O6S. The monoisotopic (exact) mass is 503 g/mol. The average Bonchev–Trinajstić information content (AvgIpc) is 3.30. The fourth-order valence-corrected chi connectivity index (χ4v) is 4.53. The molecule has 0 bridgehead atoms. The number of carbonyl (C=O) groups excluding carboxylic acids is 2. The second-order valence-electron chi connectivity index (χ2n) is 8.62. The van der Waals surface area contributed by atoms with E-state index in [4.69, 9.17) is 9.47 Å². The number of benzene rings is 2. The number of amides is 2. The van der Waals surface area contributed by atoms with Crippen LogP contribution in [-0.4, -0.2) is 63.4 Å². The number of hydrogen-bond acceptors (Lipinski definition) is 6. The van der Waals surface area contributed by atoms with Gasteiger partial charge in [-0.15, -0.1) is 0 Å². The van der Waals surface area contributed by atoms with Crippen molar-refractivity contribution in [2.75, 3.05) is 30.4 Å². The molecule has 2 amide bonds. The highest BCUT2D eigenvalue weighted by molar-refractivity contribution is 7.92. The summed E-state index contributed by atoms with van der Waals surface area (Å²) in [5, 5.41) is 2.91. The smallest absolute Gasteiger partial charge is 0.244 e. The van der Waals surface area contributed by atoms with Crippen LogP contribution in [0.5, 0.6) is 11.5 Å². The molecule has 0 aliphatic carbocycles. The Bertz CT molecular complexity index is 1140. The molecule has 2 aromatic rings. The van der Waals surface area contributed by atoms with Gasteiger partial charge < -0.3 is 19.7 Å². The molecule has 0 radical (unpaired) electrons. The lowest BCUT2D eigenvalue weighted by molar-refractivity contribution is -0.139. The Hall–Kier alpha value is -3.27. The van der Waals surface area contributed by atoms with E-state index in [1.807, 2.05) is 44.2 Å². The lowest BCUT2D eigenvalue weighted by Crippen LogP contribution is -2.53. The quantitative estimate of drug-likeness (QED) is 0.505. The van der Waals surface area contributed by atoms with Crippen molar-refractivity contribution in [3.63, 3.8) is 0 Å². The van der Waals surface area contributed by atoms with Crippen molar-refractivity contribution in [2.24, 2.45) is 0 Å². The summed E-state index contributed by atoms with van der Waals surface area (Å²) < 4.78 is 37.0. The first-order valence-corrected chi connectivity index (χ1v) is 13.5. The van der Waals surface area contributed by atoms with Crippen LogP contribution in [0.4, 0.5) is 5.69 Å². The van der Waals surface area contributed by atoms with Crippen LogP contribution in [0.15, 0.2) is 48.5 Å². The Morgan fingerprint density at radius 1 is 1.06 bits per heavy atom. The first-order chi connectivity index (χ1) is 16.6. The largest absolute Gasteiger partial charge is 0.454 e. The van der Waals surface area contributed by atoms with Crippen molar-refractivity contribution in [3.8, 4) is 11.5 Å². The minimum absolute atomic E-state index is 0.0443. The molecule has 1 N–H and O–H groups in total. The number of anilines is 1. The molecule has 3 rings (SSSR count). The van der Waals surface area contributed by atoms with Crippen molar-refractivity contribution in [1.29, 1.82) is 0 Å². The van der Waals surface area contributed by atoms with Gasteiger partial charge in [0.05, 0.1) is 11.9 Å². The summed E-state index contributed by atoms with van der Waals surface area (Å²) in [4.78, 5) is 27.8. The number of fused-ring (bicyclic) bond motifs is 1. The molecule has 0 saturated carbocycles. The predicted octanol–water partition coefficient (Wildman–Crippen LogP) is 2.56. The van der Waals surface area contributed by atoms with E-state index in [0.29, 0.717) is 17.9 Å². The summed E-state index contributed by atoms with van der Waals surface area (Å²) in [7, 11) is -3.81. The molecule has 2 unspecified atom stereocenters. The van der Waals surface area contributed by atoms with Crippen LogP contribution in [0.1, 0.15) is 32.8 Å². The number of hydrogen-bond donors (Lipinski definition) is 1. The van der Waals surface area contributed by atoms with Gasteiger partial charge in [-0.1, -0.05) is 37.3 Å². The molecule has 0 fully saturated rings. The molecule has 10 heteroatoms. The number of sulfonamides is 1. The molecule has 2 aromatic carbocycles. The molecule has 1 heterocycles. The van der Waals surface area contributed by atoms with Crippen LogP contribution in [0.3, 0.4) is 0 Å². The maximum absolute atomic E-state index is 13.5. The number of rotatable bonds is 11. The lowest BCUT2D eigenvalue weighted by atomic mass is 10.1. The molecule has 2 atom stereocenters. The van der Waals surface area contributed by atoms with E-state index in [0.717, 1.165) is 22.5 Å². The SMILES string of the molecule is CCC(C)NC(=O)C(C)N(CCc1ccccc1)C(=O)CN(c1ccc2c(c1)OCO2)S(C)(=O)=O. The van der Waals surface area contributed by atoms with E-state index in [9.17, 15) is 18.0 Å². The fourth-order valence-electron chi connectivity index (χ4n) is 3.69. The first kappa shape index (κ1) is 26.3. The number of carbonyl (C=O) groups is 2. The van der Waals surface area contributed by atoms with E-state index in [1.54, 1.807) is 19.1 Å². The van der Waals surface area contributed by atoms with Gasteiger partial charge in [0.2, 0.25) is 28.6 Å². The van der Waals surface area contributed by atoms with Gasteiger partial charge in [-0.3, -0.25) is 13.9 Å². The summed E-state index contributed by atoms with van der Waals surface area (Å²) in [6, 6.07) is 13.5. The molecule has 190 valence electrons. The summed E-state index contributed by atoms with van der Waals surface area (Å²) in [5.74, 6) is 0.157. The minimum Gasteiger partial charge on any atom is -0.454 e. The van der Waals surface area contributed by atoms with Gasteiger partial charge in [0.15, 0.2) is 11.5 Å². The number of nitrogens with one attached hydrogen (secondary N) is 1. The Morgan fingerprint density at radius 2 is 1.74 bits per heavy atom. The van der Waals surface area contributed by atoms with Gasteiger partial charge in [-0.2, -0.15) is 0 Å². The van der Waals surface area contributed by atoms with Gasteiger partial charge in [-0.25, -0.2) is 8.42 Å². The standard InChI is InChI=1S/C25H33N3O6S/c1-5-18(2)26-25(30)19(3)27(14-13-20-9-7-6-8-10-20)24(29)16-28(35(4,31)32)21-11-12-22-23(15-21)34-17-33-22/h6-12,15,18-19H,5,13-14,16-17H2,1-4H3,(H,26,30). The van der Waals surface area contributed by atoms with Gasteiger partial charge in [-0.05, 0) is 44.4 Å². The third-order valence-electron chi connectivity index (χ3n) is 5.98. The highest BCUT2D eigenvalue weighted by atomic mass is 32.2. The number of ether oxygens (including phenoxy) is 2. The molecule has 35 heavy (non-hydrogen) atoms. The van der Waals surface area contributed by atoms with Crippen molar-refractivity contribution in [3.05, 3.63) is 54.1 Å². The van der Waals surface area contributed by atoms with Crippen molar-refractivity contribution < 1.29 is 27.5 Å². The Morgan fingerprint density at radius 3 is 2.40 bits per heavy atom. The van der Waals surface area contributed by atoms with Crippen LogP contribution in [0.25, 0.3) is 0 Å². The third kappa shape index (κ3) is 6.88. The summed E-state index contributed by atoms with van der Waals surface area (Å²) in [5.41, 5.74) is 1.29. The van der Waals surface area contributed by atoms with E-state index in [-0.39, 0.29) is 31.0 Å². The van der Waals surface area contributed by atoms with Crippen LogP contribution < -0.4 is 19.1 Å². The van der Waals surface area contributed by atoms with Gasteiger partial charge in [0.1, 0.15) is 12.6 Å². The van der Waals surface area contributed by atoms with Gasteiger partial charge in [0.25, 0.3) is 0 Å². The molecule has 1 aliphatic rings. The highest BCUT2D eigenvalue weighted by Gasteiger charge is 2.30. The Labute approximate surface area is 207 Å². The zero-order valence-corrected chi connectivity index (χ0v) is 21.4. The van der Waals surface area contributed by atoms with Crippen LogP contribution in [-0.2, 0) is 26.0 Å². The van der Waals surface area contributed by atoms with E-state index >= 15 is 0 Å². The zero-order chi connectivity index (χ0) is 25.6. The number of nitrogens with zero attached hydrogens (tertiary/aromatic N) is 2. The molecule has 9 nitrogen and oxygen atoms in total. The second kappa shape index (κ2) is 11.4. The first-order valence-electron chi connectivity index (χ1n) is 11.6. The molecule has 1 aliphatic heterocycles. The van der Waals surface area contributed by atoms with E-state index < -0.39 is 28.5 Å². The van der Waals surface area contributed by atoms with Crippen molar-refractivity contribution >= 4 is 27.5 Å². The lowest BCUT2D eigenvalue weighted by Gasteiger charge is -2.32. The van der Waals surface area contributed by atoms with Crippen LogP contribution in [0.2, 0.25) is 0 Å². The summed E-state index contributed by atoms with van der Waals surface area (Å²) >= 11 is 0. The van der Waals surface area contributed by atoms with Crippen molar-refractivity contribution in [1.82, 2.24) is 10.2 Å². The zero-order valence-electron chi connectivity index (χ0n) is 20.6. The molecule has 0 spiro atoms. The molecule has 0 saturated heterocycles. The average molecular weight is 504 g/mol. The Kier molecular flexibility index (Phi) is 8.61. The normalized spacial score (nSPS) is 14.2. The maximum atomic E-state index is 13.5. The second-order valence-corrected chi connectivity index (χ2v) is 10.5. The van der Waals surface area contributed by atoms with Gasteiger partial charge >= 0.3 is 0 Å². The van der Waals surface area contributed by atoms with Crippen LogP contribution >= 0.6 is 0 Å². The van der Waals surface area contributed by atoms with Gasteiger partial charge in [0, 0.05) is 18.7 Å². The highest BCUT2D eigenvalue weighted by Crippen LogP contribution is 2.36. The molecular weight excluding hydrogens is 470 g/mol. The summed E-state index contributed by atoms with van der Waals surface area (Å²) in [6.07, 6.45) is 2.32. The topological polar surface area (TPSA) is 105 Å². The summed E-state index contributed by atoms with van der Waals surface area (Å²) in [6.45, 7) is 5.37. The maximum Gasteiger partial charge on any atom is 0.244 e. The van der Waals surface area contributed by atoms with Crippen molar-refractivity contribution in [2.45, 2.75) is 45.7 Å². The fraction of sp³-hybridized carbons (Fsp3) is 0.440. The third-order valence-corrected chi connectivity index (χ3v) is 7.12. The predicted molar refractivity (Wildman–Crippen MR) is 134 cm³/mol. The van der Waals surface area contributed by atoms with E-state index in [1.165, 1.54) is 11.0 Å². The Balaban J connectivity index is 1.85. The van der Waals surface area contributed by atoms with E-state index in [2.05, 4.69) is 5.32 Å². The molecule has 0 aromatic heterocycles.